The van der Waals surface area contributed by atoms with Crippen molar-refractivity contribution in [3.8, 4) is 0 Å². The highest BCUT2D eigenvalue weighted by atomic mass is 32.2. The third-order valence-electron chi connectivity index (χ3n) is 4.12. The highest BCUT2D eigenvalue weighted by Gasteiger charge is 2.15. The van der Waals surface area contributed by atoms with Gasteiger partial charge in [-0.25, -0.2) is 4.98 Å². The lowest BCUT2D eigenvalue weighted by Crippen LogP contribution is -2.29. The van der Waals surface area contributed by atoms with Crippen molar-refractivity contribution in [2.24, 2.45) is 0 Å². The second kappa shape index (κ2) is 9.16. The Morgan fingerprint density at radius 1 is 1.33 bits per heavy atom. The number of para-hydroxylation sites is 1. The van der Waals surface area contributed by atoms with Crippen LogP contribution in [0.1, 0.15) is 12.0 Å². The third-order valence-corrected chi connectivity index (χ3v) is 5.81. The molecule has 0 aliphatic carbocycles. The first-order chi connectivity index (χ1) is 13.1. The Morgan fingerprint density at radius 3 is 2.89 bits per heavy atom. The monoisotopic (exact) mass is 403 g/mol. The number of nitrogens with zero attached hydrogens (tertiary/aromatic N) is 3. The van der Waals surface area contributed by atoms with Gasteiger partial charge < -0.3 is 10.0 Å². The van der Waals surface area contributed by atoms with E-state index in [4.69, 9.17) is 5.11 Å². The molecule has 2 heterocycles. The number of thioether (sulfide) groups is 1. The predicted octanol–water partition coefficient (Wildman–Crippen LogP) is 2.59. The van der Waals surface area contributed by atoms with Crippen LogP contribution in [0.3, 0.4) is 0 Å². The Bertz CT molecular complexity index is 970. The van der Waals surface area contributed by atoms with Gasteiger partial charge in [0, 0.05) is 26.7 Å². The molecule has 3 aromatic rings. The average molecular weight is 404 g/mol. The molecule has 1 N–H and O–H groups in total. The van der Waals surface area contributed by atoms with Crippen LogP contribution < -0.4 is 5.56 Å². The zero-order chi connectivity index (χ0) is 19.2. The number of benzene rings is 1. The molecule has 0 atom stereocenters. The SMILES string of the molecule is CN(Cc1ccsc1)C(=O)CSc1nc2ccccc2c(=O)n1CCCO. The molecule has 0 spiro atoms. The Kier molecular flexibility index (Phi) is 6.65. The van der Waals surface area contributed by atoms with Crippen LogP contribution in [-0.4, -0.2) is 44.9 Å². The molecule has 2 aromatic heterocycles. The van der Waals surface area contributed by atoms with E-state index in [0.29, 0.717) is 35.6 Å². The van der Waals surface area contributed by atoms with E-state index in [9.17, 15) is 9.59 Å². The molecule has 27 heavy (non-hydrogen) atoms. The zero-order valence-electron chi connectivity index (χ0n) is 15.0. The van der Waals surface area contributed by atoms with Crippen molar-refractivity contribution in [3.63, 3.8) is 0 Å². The quantitative estimate of drug-likeness (QED) is 0.462. The first kappa shape index (κ1) is 19.6. The molecule has 0 saturated heterocycles. The number of aliphatic hydroxyl groups is 1. The second-order valence-corrected chi connectivity index (χ2v) is 7.84. The predicted molar refractivity (Wildman–Crippen MR) is 109 cm³/mol. The van der Waals surface area contributed by atoms with Crippen molar-refractivity contribution in [1.29, 1.82) is 0 Å². The standard InChI is InChI=1S/C19H21N3O3S2/c1-21(11-14-7-10-26-12-14)17(24)13-27-19-20-16-6-3-2-5-15(16)18(25)22(19)8-4-9-23/h2-3,5-7,10,12,23H,4,8-9,11,13H2,1H3. The lowest BCUT2D eigenvalue weighted by molar-refractivity contribution is -0.127. The van der Waals surface area contributed by atoms with Gasteiger partial charge in [-0.1, -0.05) is 23.9 Å². The van der Waals surface area contributed by atoms with E-state index in [1.165, 1.54) is 11.8 Å². The van der Waals surface area contributed by atoms with Gasteiger partial charge in [-0.15, -0.1) is 0 Å². The van der Waals surface area contributed by atoms with Crippen molar-refractivity contribution in [1.82, 2.24) is 14.5 Å². The van der Waals surface area contributed by atoms with E-state index in [2.05, 4.69) is 4.98 Å². The summed E-state index contributed by atoms with van der Waals surface area (Å²) in [4.78, 5) is 31.5. The number of hydrogen-bond donors (Lipinski definition) is 1. The normalized spacial score (nSPS) is 11.0. The van der Waals surface area contributed by atoms with Crippen LogP contribution in [0.2, 0.25) is 0 Å². The number of aliphatic hydroxyl groups excluding tert-OH is 1. The van der Waals surface area contributed by atoms with E-state index < -0.39 is 0 Å². The highest BCUT2D eigenvalue weighted by molar-refractivity contribution is 7.99. The van der Waals surface area contributed by atoms with Gasteiger partial charge in [0.1, 0.15) is 0 Å². The summed E-state index contributed by atoms with van der Waals surface area (Å²) in [5, 5.41) is 14.2. The topological polar surface area (TPSA) is 75.4 Å². The number of carbonyl (C=O) groups excluding carboxylic acids is 1. The molecule has 0 radical (unpaired) electrons. The Hall–Kier alpha value is -2.16. The molecule has 0 unspecified atom stereocenters. The van der Waals surface area contributed by atoms with Crippen LogP contribution in [0.5, 0.6) is 0 Å². The van der Waals surface area contributed by atoms with Gasteiger partial charge in [0.25, 0.3) is 5.56 Å². The lowest BCUT2D eigenvalue weighted by atomic mass is 10.2. The average Bonchev–Trinajstić information content (AvgIpc) is 3.18. The van der Waals surface area contributed by atoms with Crippen LogP contribution in [-0.2, 0) is 17.9 Å². The fourth-order valence-corrected chi connectivity index (χ4v) is 4.29. The number of thiophene rings is 1. The van der Waals surface area contributed by atoms with Gasteiger partial charge in [-0.05, 0) is 40.9 Å². The van der Waals surface area contributed by atoms with Gasteiger partial charge in [-0.2, -0.15) is 11.3 Å². The highest BCUT2D eigenvalue weighted by Crippen LogP contribution is 2.19. The summed E-state index contributed by atoms with van der Waals surface area (Å²) >= 11 is 2.86. The fourth-order valence-electron chi connectivity index (χ4n) is 2.66. The van der Waals surface area contributed by atoms with Crippen molar-refractivity contribution in [2.45, 2.75) is 24.7 Å². The molecule has 8 heteroatoms. The molecule has 0 bridgehead atoms. The third kappa shape index (κ3) is 4.77. The summed E-state index contributed by atoms with van der Waals surface area (Å²) in [5.74, 6) is 0.173. The maximum absolute atomic E-state index is 12.8. The zero-order valence-corrected chi connectivity index (χ0v) is 16.6. The van der Waals surface area contributed by atoms with Gasteiger partial charge in [0.2, 0.25) is 5.91 Å². The van der Waals surface area contributed by atoms with E-state index in [1.807, 2.05) is 22.9 Å². The fraction of sp³-hybridized carbons (Fsp3) is 0.316. The summed E-state index contributed by atoms with van der Waals surface area (Å²) < 4.78 is 1.55. The van der Waals surface area contributed by atoms with Crippen LogP contribution in [0.25, 0.3) is 10.9 Å². The van der Waals surface area contributed by atoms with Crippen molar-refractivity contribution < 1.29 is 9.90 Å². The molecule has 0 aliphatic heterocycles. The van der Waals surface area contributed by atoms with Gasteiger partial charge in [0.15, 0.2) is 5.16 Å². The Morgan fingerprint density at radius 2 is 2.15 bits per heavy atom. The second-order valence-electron chi connectivity index (χ2n) is 6.12. The minimum Gasteiger partial charge on any atom is -0.396 e. The van der Waals surface area contributed by atoms with E-state index in [1.54, 1.807) is 46.1 Å². The summed E-state index contributed by atoms with van der Waals surface area (Å²) in [6.07, 6.45) is 0.458. The van der Waals surface area contributed by atoms with Crippen molar-refractivity contribution in [2.75, 3.05) is 19.4 Å². The maximum Gasteiger partial charge on any atom is 0.262 e. The van der Waals surface area contributed by atoms with Crippen LogP contribution >= 0.6 is 23.1 Å². The largest absolute Gasteiger partial charge is 0.396 e. The summed E-state index contributed by atoms with van der Waals surface area (Å²) in [7, 11) is 1.77. The molecule has 1 amide bonds. The molecule has 0 fully saturated rings. The maximum atomic E-state index is 12.8. The van der Waals surface area contributed by atoms with Gasteiger partial charge in [-0.3, -0.25) is 14.2 Å². The van der Waals surface area contributed by atoms with Crippen LogP contribution in [0.15, 0.2) is 51.0 Å². The molecule has 1 aromatic carbocycles. The molecule has 6 nitrogen and oxygen atoms in total. The number of hydrogen-bond acceptors (Lipinski definition) is 6. The number of amides is 1. The van der Waals surface area contributed by atoms with Gasteiger partial charge in [0.05, 0.1) is 16.7 Å². The van der Waals surface area contributed by atoms with Crippen molar-refractivity contribution >= 4 is 39.9 Å². The summed E-state index contributed by atoms with van der Waals surface area (Å²) in [6, 6.07) is 9.17. The molecule has 0 aliphatic rings. The molecular weight excluding hydrogens is 382 g/mol. The molecule has 142 valence electrons. The number of aromatic nitrogens is 2. The number of carbonyl (C=O) groups is 1. The lowest BCUT2D eigenvalue weighted by Gasteiger charge is -2.17. The van der Waals surface area contributed by atoms with E-state index in [0.717, 1.165) is 5.56 Å². The molecule has 0 saturated carbocycles. The molecule has 3 rings (SSSR count). The number of rotatable bonds is 8. The first-order valence-corrected chi connectivity index (χ1v) is 10.5. The Labute approximate surface area is 165 Å². The van der Waals surface area contributed by atoms with E-state index >= 15 is 0 Å². The smallest absolute Gasteiger partial charge is 0.262 e. The number of fused-ring (bicyclic) bond motifs is 1. The Balaban J connectivity index is 1.78. The first-order valence-electron chi connectivity index (χ1n) is 8.58. The summed E-state index contributed by atoms with van der Waals surface area (Å²) in [6.45, 7) is 0.922. The van der Waals surface area contributed by atoms with E-state index in [-0.39, 0.29) is 23.8 Å². The van der Waals surface area contributed by atoms with Crippen LogP contribution in [0, 0.1) is 0 Å². The molecular formula is C19H21N3O3S2. The van der Waals surface area contributed by atoms with Gasteiger partial charge >= 0.3 is 0 Å². The van der Waals surface area contributed by atoms with Crippen LogP contribution in [0.4, 0.5) is 0 Å². The summed E-state index contributed by atoms with van der Waals surface area (Å²) in [5.41, 5.74) is 1.57. The minimum atomic E-state index is -0.143. The minimum absolute atomic E-state index is 0.00825. The van der Waals surface area contributed by atoms with Crippen molar-refractivity contribution in [3.05, 3.63) is 57.0 Å².